The predicted octanol–water partition coefficient (Wildman–Crippen LogP) is 1.96. The molecule has 0 aromatic carbocycles. The van der Waals surface area contributed by atoms with E-state index in [0.29, 0.717) is 25.2 Å². The first-order chi connectivity index (χ1) is 10.0. The first kappa shape index (κ1) is 14.1. The first-order valence-electron chi connectivity index (χ1n) is 7.47. The van der Waals surface area contributed by atoms with Crippen LogP contribution in [0.25, 0.3) is 5.52 Å². The second-order valence-corrected chi connectivity index (χ2v) is 6.06. The van der Waals surface area contributed by atoms with Crippen molar-refractivity contribution < 1.29 is 9.90 Å². The van der Waals surface area contributed by atoms with Crippen LogP contribution in [0, 0.1) is 5.92 Å². The number of carbonyl (C=O) groups is 1. The van der Waals surface area contributed by atoms with Gasteiger partial charge in [-0.1, -0.05) is 13.0 Å². The van der Waals surface area contributed by atoms with Crippen LogP contribution in [0.2, 0.25) is 0 Å². The van der Waals surface area contributed by atoms with E-state index in [1.807, 2.05) is 42.3 Å². The van der Waals surface area contributed by atoms with Crippen LogP contribution >= 0.6 is 0 Å². The Morgan fingerprint density at radius 3 is 3.05 bits per heavy atom. The molecule has 0 radical (unpaired) electrons. The summed E-state index contributed by atoms with van der Waals surface area (Å²) in [6.07, 6.45) is 3.31. The van der Waals surface area contributed by atoms with E-state index in [1.165, 1.54) is 0 Å². The zero-order chi connectivity index (χ0) is 15.0. The molecule has 1 aliphatic heterocycles. The van der Waals surface area contributed by atoms with E-state index in [0.717, 1.165) is 11.9 Å². The molecule has 0 spiro atoms. The van der Waals surface area contributed by atoms with Crippen LogP contribution < -0.4 is 0 Å². The lowest BCUT2D eigenvalue weighted by atomic mass is 9.81. The zero-order valence-corrected chi connectivity index (χ0v) is 12.5. The third-order valence-electron chi connectivity index (χ3n) is 4.58. The van der Waals surface area contributed by atoms with E-state index in [2.05, 4.69) is 12.0 Å². The number of piperidine rings is 1. The highest BCUT2D eigenvalue weighted by Gasteiger charge is 2.38. The number of hydrogen-bond acceptors (Lipinski definition) is 3. The number of amides is 1. The molecule has 1 N–H and O–H groups in total. The topological polar surface area (TPSA) is 57.8 Å². The minimum Gasteiger partial charge on any atom is -0.390 e. The molecular weight excluding hydrogens is 266 g/mol. The number of likely N-dealkylation sites (tertiary alicyclic amines) is 1. The normalized spacial score (nSPS) is 26.2. The summed E-state index contributed by atoms with van der Waals surface area (Å²) in [5.74, 6) is 0.0693. The Balaban J connectivity index is 1.82. The fourth-order valence-electron chi connectivity index (χ4n) is 3.08. The molecule has 1 aliphatic rings. The summed E-state index contributed by atoms with van der Waals surface area (Å²) in [4.78, 5) is 14.4. The Bertz CT molecular complexity index is 629. The molecule has 2 aromatic rings. The summed E-state index contributed by atoms with van der Waals surface area (Å²) in [6.45, 7) is 5.10. The van der Waals surface area contributed by atoms with Gasteiger partial charge in [0.1, 0.15) is 0 Å². The molecule has 1 amide bonds. The predicted molar refractivity (Wildman–Crippen MR) is 80.1 cm³/mol. The van der Waals surface area contributed by atoms with Gasteiger partial charge in [0, 0.05) is 25.2 Å². The van der Waals surface area contributed by atoms with Gasteiger partial charge >= 0.3 is 0 Å². The van der Waals surface area contributed by atoms with Gasteiger partial charge in [-0.2, -0.15) is 5.10 Å². The maximum Gasteiger partial charge on any atom is 0.274 e. The molecule has 2 atom stereocenters. The maximum atomic E-state index is 12.6. The first-order valence-corrected chi connectivity index (χ1v) is 7.47. The molecule has 5 heteroatoms. The molecule has 3 rings (SSSR count). The van der Waals surface area contributed by atoms with Crippen LogP contribution in [-0.4, -0.2) is 44.2 Å². The monoisotopic (exact) mass is 287 g/mol. The average molecular weight is 287 g/mol. The molecule has 21 heavy (non-hydrogen) atoms. The van der Waals surface area contributed by atoms with Crippen molar-refractivity contribution in [1.29, 1.82) is 0 Å². The molecule has 0 bridgehead atoms. The van der Waals surface area contributed by atoms with Crippen molar-refractivity contribution in [2.24, 2.45) is 5.92 Å². The van der Waals surface area contributed by atoms with E-state index >= 15 is 0 Å². The summed E-state index contributed by atoms with van der Waals surface area (Å²) >= 11 is 0. The van der Waals surface area contributed by atoms with Gasteiger partial charge in [-0.05, 0) is 38.0 Å². The lowest BCUT2D eigenvalue weighted by molar-refractivity contribution is -0.0522. The summed E-state index contributed by atoms with van der Waals surface area (Å²) in [5.41, 5.74) is 0.708. The number of carbonyl (C=O) groups excluding carboxylic acids is 1. The van der Waals surface area contributed by atoms with Gasteiger partial charge in [-0.25, -0.2) is 4.52 Å². The fourth-order valence-corrected chi connectivity index (χ4v) is 3.08. The van der Waals surface area contributed by atoms with E-state index in [1.54, 1.807) is 4.52 Å². The van der Waals surface area contributed by atoms with Crippen molar-refractivity contribution >= 4 is 11.4 Å². The van der Waals surface area contributed by atoms with Crippen LogP contribution in [0.15, 0.2) is 30.5 Å². The zero-order valence-electron chi connectivity index (χ0n) is 12.5. The van der Waals surface area contributed by atoms with E-state index in [4.69, 9.17) is 0 Å². The number of hydrogen-bond donors (Lipinski definition) is 1. The highest BCUT2D eigenvalue weighted by Crippen LogP contribution is 2.30. The van der Waals surface area contributed by atoms with Gasteiger partial charge in [-0.15, -0.1) is 0 Å². The van der Waals surface area contributed by atoms with Gasteiger partial charge in [-0.3, -0.25) is 4.79 Å². The third kappa shape index (κ3) is 2.53. The number of pyridine rings is 1. The van der Waals surface area contributed by atoms with Crippen LogP contribution in [0.5, 0.6) is 0 Å². The van der Waals surface area contributed by atoms with E-state index in [9.17, 15) is 9.90 Å². The maximum absolute atomic E-state index is 12.6. The van der Waals surface area contributed by atoms with Gasteiger partial charge < -0.3 is 10.0 Å². The summed E-state index contributed by atoms with van der Waals surface area (Å²) in [7, 11) is 0. The van der Waals surface area contributed by atoms with Gasteiger partial charge in [0.05, 0.1) is 11.1 Å². The van der Waals surface area contributed by atoms with Crippen molar-refractivity contribution in [2.75, 3.05) is 13.1 Å². The quantitative estimate of drug-likeness (QED) is 0.918. The van der Waals surface area contributed by atoms with Crippen molar-refractivity contribution in [3.63, 3.8) is 0 Å². The van der Waals surface area contributed by atoms with Crippen LogP contribution in [0.4, 0.5) is 0 Å². The molecule has 0 unspecified atom stereocenters. The molecular formula is C16H21N3O2. The van der Waals surface area contributed by atoms with Gasteiger partial charge in [0.2, 0.25) is 0 Å². The Hall–Kier alpha value is -1.88. The number of aromatic nitrogens is 2. The Labute approximate surface area is 124 Å². The van der Waals surface area contributed by atoms with Crippen LogP contribution in [-0.2, 0) is 0 Å². The van der Waals surface area contributed by atoms with E-state index < -0.39 is 5.60 Å². The molecule has 0 saturated carbocycles. The average Bonchev–Trinajstić information content (AvgIpc) is 2.90. The number of aliphatic hydroxyl groups is 1. The molecule has 112 valence electrons. The highest BCUT2D eigenvalue weighted by molar-refractivity contribution is 5.93. The standard InChI is InChI=1S/C16H21N3O2/c1-3-12-11-18(9-7-16(12,2)21)15(20)14-10-13-6-4-5-8-19(13)17-14/h4-6,8,10,12,21H,3,7,9,11H2,1-2H3/t12-,16+/m1/s1. The fraction of sp³-hybridized carbons (Fsp3) is 0.500. The molecule has 1 fully saturated rings. The van der Waals surface area contributed by atoms with Crippen molar-refractivity contribution in [3.8, 4) is 0 Å². The number of fused-ring (bicyclic) bond motifs is 1. The van der Waals surface area contributed by atoms with Crippen molar-refractivity contribution in [2.45, 2.75) is 32.3 Å². The molecule has 0 aliphatic carbocycles. The third-order valence-corrected chi connectivity index (χ3v) is 4.58. The lowest BCUT2D eigenvalue weighted by Gasteiger charge is -2.42. The minimum atomic E-state index is -0.676. The Kier molecular flexibility index (Phi) is 3.45. The van der Waals surface area contributed by atoms with Crippen LogP contribution in [0.3, 0.4) is 0 Å². The van der Waals surface area contributed by atoms with E-state index in [-0.39, 0.29) is 11.8 Å². The smallest absolute Gasteiger partial charge is 0.274 e. The number of nitrogens with zero attached hydrogens (tertiary/aromatic N) is 3. The summed E-state index contributed by atoms with van der Waals surface area (Å²) in [5, 5.41) is 14.7. The van der Waals surface area contributed by atoms with Crippen molar-refractivity contribution in [3.05, 3.63) is 36.2 Å². The molecule has 5 nitrogen and oxygen atoms in total. The molecule has 3 heterocycles. The van der Waals surface area contributed by atoms with Gasteiger partial charge in [0.15, 0.2) is 5.69 Å². The minimum absolute atomic E-state index is 0.0485. The number of rotatable bonds is 2. The second kappa shape index (κ2) is 5.15. The molecule has 1 saturated heterocycles. The largest absolute Gasteiger partial charge is 0.390 e. The lowest BCUT2D eigenvalue weighted by Crippen LogP contribution is -2.51. The van der Waals surface area contributed by atoms with Gasteiger partial charge in [0.25, 0.3) is 5.91 Å². The van der Waals surface area contributed by atoms with Crippen LogP contribution in [0.1, 0.15) is 37.2 Å². The molecule has 2 aromatic heterocycles. The van der Waals surface area contributed by atoms with Crippen molar-refractivity contribution in [1.82, 2.24) is 14.5 Å². The Morgan fingerprint density at radius 1 is 1.52 bits per heavy atom. The SMILES string of the molecule is CC[C@@H]1CN(C(=O)c2cc3ccccn3n2)CC[C@]1(C)O. The summed E-state index contributed by atoms with van der Waals surface area (Å²) in [6, 6.07) is 7.56. The highest BCUT2D eigenvalue weighted by atomic mass is 16.3. The Morgan fingerprint density at radius 2 is 2.33 bits per heavy atom. The summed E-state index contributed by atoms with van der Waals surface area (Å²) < 4.78 is 1.71. The second-order valence-electron chi connectivity index (χ2n) is 6.06.